The van der Waals surface area contributed by atoms with Gasteiger partial charge in [-0.25, -0.2) is 9.97 Å². The Bertz CT molecular complexity index is 1020. The van der Waals surface area contributed by atoms with Gasteiger partial charge in [0.05, 0.1) is 11.4 Å². The van der Waals surface area contributed by atoms with Gasteiger partial charge in [-0.3, -0.25) is 4.79 Å². The molecule has 4 aromatic rings. The Morgan fingerprint density at radius 1 is 1.04 bits per heavy atom. The first-order valence-electron chi connectivity index (χ1n) is 8.67. The van der Waals surface area contributed by atoms with Crippen molar-refractivity contribution in [3.63, 3.8) is 0 Å². The minimum atomic E-state index is -0.231. The van der Waals surface area contributed by atoms with Gasteiger partial charge in [-0.2, -0.15) is 0 Å². The molecule has 0 aliphatic rings. The fraction of sp³-hybridized carbons (Fsp3) is 0.0952. The highest BCUT2D eigenvalue weighted by Gasteiger charge is 2.19. The first-order chi connectivity index (χ1) is 13.8. The number of amides is 1. The van der Waals surface area contributed by atoms with Gasteiger partial charge in [-0.1, -0.05) is 72.4 Å². The number of thiazole rings is 2. The van der Waals surface area contributed by atoms with Crippen molar-refractivity contribution in [2.45, 2.75) is 10.4 Å². The number of carbonyl (C=O) groups is 1. The third-order valence-corrected chi connectivity index (χ3v) is 6.88. The van der Waals surface area contributed by atoms with E-state index >= 15 is 0 Å². The average Bonchev–Trinajstić information content (AvgIpc) is 3.44. The molecule has 28 heavy (non-hydrogen) atoms. The summed E-state index contributed by atoms with van der Waals surface area (Å²) in [5.41, 5.74) is 3.05. The molecule has 0 aliphatic heterocycles. The maximum Gasteiger partial charge on any atom is 0.231 e. The van der Waals surface area contributed by atoms with Gasteiger partial charge in [0, 0.05) is 22.5 Å². The van der Waals surface area contributed by atoms with Crippen LogP contribution in [0.2, 0.25) is 0 Å². The van der Waals surface area contributed by atoms with Crippen molar-refractivity contribution in [3.05, 3.63) is 88.2 Å². The van der Waals surface area contributed by atoms with Crippen LogP contribution in [0, 0.1) is 0 Å². The summed E-state index contributed by atoms with van der Waals surface area (Å²) in [5, 5.41) is 7.94. The van der Waals surface area contributed by atoms with Crippen LogP contribution in [0.25, 0.3) is 11.3 Å². The summed E-state index contributed by atoms with van der Waals surface area (Å²) in [6.45, 7) is 0. The van der Waals surface area contributed by atoms with Crippen molar-refractivity contribution in [1.82, 2.24) is 15.3 Å². The molecule has 4 nitrogen and oxygen atoms in total. The third-order valence-electron chi connectivity index (χ3n) is 4.02. The summed E-state index contributed by atoms with van der Waals surface area (Å²) in [4.78, 5) is 21.6. The van der Waals surface area contributed by atoms with E-state index in [-0.39, 0.29) is 11.9 Å². The van der Waals surface area contributed by atoms with Gasteiger partial charge in [0.2, 0.25) is 5.91 Å². The maximum absolute atomic E-state index is 12.6. The van der Waals surface area contributed by atoms with Gasteiger partial charge in [0.15, 0.2) is 4.34 Å². The van der Waals surface area contributed by atoms with Crippen molar-refractivity contribution in [1.29, 1.82) is 0 Å². The van der Waals surface area contributed by atoms with Crippen LogP contribution < -0.4 is 5.32 Å². The van der Waals surface area contributed by atoms with Gasteiger partial charge in [0.25, 0.3) is 0 Å². The first-order valence-corrected chi connectivity index (χ1v) is 11.4. The lowest BCUT2D eigenvalue weighted by atomic mass is 10.1. The van der Waals surface area contributed by atoms with Crippen molar-refractivity contribution in [3.8, 4) is 11.3 Å². The van der Waals surface area contributed by atoms with E-state index in [2.05, 4.69) is 15.3 Å². The Balaban J connectivity index is 1.40. The van der Waals surface area contributed by atoms with E-state index < -0.39 is 0 Å². The Morgan fingerprint density at radius 3 is 2.50 bits per heavy atom. The molecule has 1 N–H and O–H groups in total. The summed E-state index contributed by atoms with van der Waals surface area (Å²) in [7, 11) is 0. The lowest BCUT2D eigenvalue weighted by Crippen LogP contribution is -2.30. The van der Waals surface area contributed by atoms with Crippen molar-refractivity contribution in [2.75, 3.05) is 5.75 Å². The number of aromatic nitrogens is 2. The molecule has 0 saturated carbocycles. The molecule has 0 fully saturated rings. The molecule has 0 radical (unpaired) electrons. The SMILES string of the molecule is O=C(CSc1nc(-c2ccccc2)cs1)NC(c1ccccc1)c1nccs1. The molecular weight excluding hydrogens is 406 g/mol. The number of carbonyl (C=O) groups excluding carboxylic acids is 1. The first kappa shape index (κ1) is 18.9. The quantitative estimate of drug-likeness (QED) is 0.412. The summed E-state index contributed by atoms with van der Waals surface area (Å²) < 4.78 is 0.888. The fourth-order valence-electron chi connectivity index (χ4n) is 2.71. The van der Waals surface area contributed by atoms with Gasteiger partial charge >= 0.3 is 0 Å². The molecular formula is C21H17N3OS3. The number of nitrogens with one attached hydrogen (secondary N) is 1. The van der Waals surface area contributed by atoms with E-state index in [0.29, 0.717) is 5.75 Å². The molecule has 2 heterocycles. The predicted molar refractivity (Wildman–Crippen MR) is 117 cm³/mol. The number of rotatable bonds is 7. The van der Waals surface area contributed by atoms with Crippen LogP contribution >= 0.6 is 34.4 Å². The van der Waals surface area contributed by atoms with Crippen molar-refractivity contribution >= 4 is 40.3 Å². The van der Waals surface area contributed by atoms with Crippen LogP contribution in [0.3, 0.4) is 0 Å². The molecule has 1 unspecified atom stereocenters. The Kier molecular flexibility index (Phi) is 6.16. The van der Waals surface area contributed by atoms with Crippen LogP contribution in [0.4, 0.5) is 0 Å². The van der Waals surface area contributed by atoms with Crippen LogP contribution in [0.5, 0.6) is 0 Å². The third kappa shape index (κ3) is 4.67. The number of nitrogens with zero attached hydrogens (tertiary/aromatic N) is 2. The largest absolute Gasteiger partial charge is 0.342 e. The molecule has 0 saturated heterocycles. The molecule has 140 valence electrons. The van der Waals surface area contributed by atoms with E-state index in [0.717, 1.165) is 26.2 Å². The molecule has 0 aliphatic carbocycles. The van der Waals surface area contributed by atoms with Crippen LogP contribution in [-0.2, 0) is 4.79 Å². The van der Waals surface area contributed by atoms with E-state index in [4.69, 9.17) is 0 Å². The average molecular weight is 424 g/mol. The van der Waals surface area contributed by atoms with E-state index in [1.807, 2.05) is 71.4 Å². The second-order valence-corrected chi connectivity index (χ2v) is 8.94. The van der Waals surface area contributed by atoms with Crippen LogP contribution in [-0.4, -0.2) is 21.6 Å². The normalized spacial score (nSPS) is 11.9. The molecule has 1 amide bonds. The van der Waals surface area contributed by atoms with Crippen LogP contribution in [0.15, 0.2) is 82.0 Å². The molecule has 2 aromatic carbocycles. The summed E-state index contributed by atoms with van der Waals surface area (Å²) in [6.07, 6.45) is 1.76. The Hall–Kier alpha value is -2.48. The fourth-order valence-corrected chi connectivity index (χ4v) is 5.07. The summed E-state index contributed by atoms with van der Waals surface area (Å²) >= 11 is 4.56. The van der Waals surface area contributed by atoms with Crippen LogP contribution in [0.1, 0.15) is 16.6 Å². The molecule has 2 aromatic heterocycles. The summed E-state index contributed by atoms with van der Waals surface area (Å²) in [6, 6.07) is 19.7. The Morgan fingerprint density at radius 2 is 1.79 bits per heavy atom. The smallest absolute Gasteiger partial charge is 0.231 e. The molecule has 0 bridgehead atoms. The predicted octanol–water partition coefficient (Wildman–Crippen LogP) is 5.26. The molecule has 4 rings (SSSR count). The van der Waals surface area contributed by atoms with E-state index in [9.17, 15) is 4.79 Å². The zero-order chi connectivity index (χ0) is 19.2. The van der Waals surface area contributed by atoms with E-state index in [1.54, 1.807) is 28.9 Å². The second kappa shape index (κ2) is 9.14. The van der Waals surface area contributed by atoms with E-state index in [1.165, 1.54) is 11.8 Å². The van der Waals surface area contributed by atoms with Crippen molar-refractivity contribution < 1.29 is 4.79 Å². The molecule has 7 heteroatoms. The van der Waals surface area contributed by atoms with Gasteiger partial charge in [-0.05, 0) is 5.56 Å². The molecule has 1 atom stereocenters. The monoisotopic (exact) mass is 423 g/mol. The lowest BCUT2D eigenvalue weighted by Gasteiger charge is -2.16. The summed E-state index contributed by atoms with van der Waals surface area (Å²) in [5.74, 6) is 0.279. The topological polar surface area (TPSA) is 54.9 Å². The zero-order valence-corrected chi connectivity index (χ0v) is 17.3. The minimum absolute atomic E-state index is 0.0366. The minimum Gasteiger partial charge on any atom is -0.342 e. The highest BCUT2D eigenvalue weighted by atomic mass is 32.2. The second-order valence-electron chi connectivity index (χ2n) is 5.93. The zero-order valence-electron chi connectivity index (χ0n) is 14.8. The highest BCUT2D eigenvalue weighted by molar-refractivity contribution is 8.01. The standard InChI is InChI=1S/C21H17N3OS3/c25-18(14-28-21-23-17(13-27-21)15-7-3-1-4-8-15)24-19(20-22-11-12-26-20)16-9-5-2-6-10-16/h1-13,19H,14H2,(H,24,25). The Labute approximate surface area is 175 Å². The maximum atomic E-state index is 12.6. The molecule has 0 spiro atoms. The highest BCUT2D eigenvalue weighted by Crippen LogP contribution is 2.29. The van der Waals surface area contributed by atoms with Gasteiger partial charge in [-0.15, -0.1) is 22.7 Å². The number of thioether (sulfide) groups is 1. The van der Waals surface area contributed by atoms with Gasteiger partial charge in [0.1, 0.15) is 11.0 Å². The lowest BCUT2D eigenvalue weighted by molar-refractivity contribution is -0.119. The van der Waals surface area contributed by atoms with Crippen molar-refractivity contribution in [2.24, 2.45) is 0 Å². The number of hydrogen-bond donors (Lipinski definition) is 1. The van der Waals surface area contributed by atoms with Gasteiger partial charge < -0.3 is 5.32 Å². The number of benzene rings is 2. The number of hydrogen-bond acceptors (Lipinski definition) is 6.